The van der Waals surface area contributed by atoms with E-state index in [0.29, 0.717) is 11.4 Å². The van der Waals surface area contributed by atoms with Crippen LogP contribution in [-0.2, 0) is 0 Å². The van der Waals surface area contributed by atoms with Crippen molar-refractivity contribution in [3.63, 3.8) is 0 Å². The van der Waals surface area contributed by atoms with Crippen LogP contribution in [0.5, 0.6) is 0 Å². The van der Waals surface area contributed by atoms with Crippen molar-refractivity contribution in [3.05, 3.63) is 115 Å². The van der Waals surface area contributed by atoms with Gasteiger partial charge in [-0.1, -0.05) is 91.0 Å². The highest BCUT2D eigenvalue weighted by Crippen LogP contribution is 2.40. The van der Waals surface area contributed by atoms with E-state index in [0.717, 1.165) is 38.8 Å². The van der Waals surface area contributed by atoms with E-state index in [2.05, 4.69) is 83.3 Å². The molecule has 0 atom stereocenters. The lowest BCUT2D eigenvalue weighted by Crippen LogP contribution is -1.94. The Kier molecular flexibility index (Phi) is 3.76. The van der Waals surface area contributed by atoms with Crippen LogP contribution in [0.3, 0.4) is 0 Å². The van der Waals surface area contributed by atoms with Crippen LogP contribution in [0.15, 0.2) is 120 Å². The SMILES string of the molecule is c1ccc(-c2nc(-c3ccc4c5cccc6c7ccccc7n(c4c3)c65)nc3c2oc2ccccc23)cc1. The molecule has 0 radical (unpaired) electrons. The zero-order valence-electron chi connectivity index (χ0n) is 20.2. The first kappa shape index (κ1) is 19.9. The van der Waals surface area contributed by atoms with Gasteiger partial charge in [0.2, 0.25) is 0 Å². The first-order valence-electron chi connectivity index (χ1n) is 12.8. The average Bonchev–Trinajstić information content (AvgIpc) is 3.64. The Morgan fingerprint density at radius 1 is 0.526 bits per heavy atom. The van der Waals surface area contributed by atoms with Gasteiger partial charge >= 0.3 is 0 Å². The molecule has 0 N–H and O–H groups in total. The monoisotopic (exact) mass is 485 g/mol. The topological polar surface area (TPSA) is 43.3 Å². The molecule has 0 unspecified atom stereocenters. The Bertz CT molecular complexity index is 2340. The molecule has 5 aromatic carbocycles. The summed E-state index contributed by atoms with van der Waals surface area (Å²) in [4.78, 5) is 10.2. The zero-order chi connectivity index (χ0) is 24.8. The van der Waals surface area contributed by atoms with Crippen molar-refractivity contribution in [1.29, 1.82) is 0 Å². The maximum atomic E-state index is 6.29. The Balaban J connectivity index is 1.39. The first-order valence-corrected chi connectivity index (χ1v) is 12.8. The molecule has 9 rings (SSSR count). The fourth-order valence-corrected chi connectivity index (χ4v) is 6.08. The van der Waals surface area contributed by atoms with Gasteiger partial charge in [0.1, 0.15) is 16.8 Å². The minimum absolute atomic E-state index is 0.689. The molecular formula is C34H19N3O. The third-order valence-corrected chi connectivity index (χ3v) is 7.75. The van der Waals surface area contributed by atoms with Gasteiger partial charge in [-0.05, 0) is 24.3 Å². The number of nitrogens with zero attached hydrogens (tertiary/aromatic N) is 3. The number of fused-ring (bicyclic) bond motifs is 9. The maximum Gasteiger partial charge on any atom is 0.180 e. The normalized spacial score (nSPS) is 12.2. The third-order valence-electron chi connectivity index (χ3n) is 7.75. The second-order valence-electron chi connectivity index (χ2n) is 9.82. The number of aromatic nitrogens is 3. The molecule has 176 valence electrons. The molecule has 0 fully saturated rings. The van der Waals surface area contributed by atoms with E-state index in [1.807, 2.05) is 36.4 Å². The summed E-state index contributed by atoms with van der Waals surface area (Å²) in [6.07, 6.45) is 0. The van der Waals surface area contributed by atoms with Crippen molar-refractivity contribution in [2.75, 3.05) is 0 Å². The summed E-state index contributed by atoms with van der Waals surface area (Å²) >= 11 is 0. The Morgan fingerprint density at radius 2 is 1.24 bits per heavy atom. The Labute approximate surface area is 216 Å². The highest BCUT2D eigenvalue weighted by molar-refractivity contribution is 6.23. The van der Waals surface area contributed by atoms with E-state index < -0.39 is 0 Å². The fraction of sp³-hybridized carbons (Fsp3) is 0. The summed E-state index contributed by atoms with van der Waals surface area (Å²) in [7, 11) is 0. The average molecular weight is 486 g/mol. The van der Waals surface area contributed by atoms with E-state index in [4.69, 9.17) is 14.4 Å². The van der Waals surface area contributed by atoms with Crippen molar-refractivity contribution in [3.8, 4) is 22.6 Å². The van der Waals surface area contributed by atoms with Gasteiger partial charge in [-0.25, -0.2) is 9.97 Å². The van der Waals surface area contributed by atoms with Crippen LogP contribution in [0.25, 0.3) is 82.8 Å². The molecule has 0 aliphatic heterocycles. The molecular weight excluding hydrogens is 466 g/mol. The molecule has 4 heteroatoms. The minimum Gasteiger partial charge on any atom is -0.452 e. The number of hydrogen-bond acceptors (Lipinski definition) is 3. The maximum absolute atomic E-state index is 6.29. The highest BCUT2D eigenvalue weighted by Gasteiger charge is 2.20. The standard InChI is InChI=1S/C34H19N3O/c1-2-9-20(10-3-1)30-33-31(26-12-5-7-16-29(26)38-33)36-34(35-30)21-17-18-23-25-14-8-13-24-22-11-4-6-15-27(22)37(32(24)25)28(23)19-21/h1-19H. The summed E-state index contributed by atoms with van der Waals surface area (Å²) in [5.41, 5.74) is 8.80. The molecule has 0 bridgehead atoms. The molecule has 9 aromatic rings. The number of hydrogen-bond donors (Lipinski definition) is 0. The van der Waals surface area contributed by atoms with Crippen LogP contribution >= 0.6 is 0 Å². The third kappa shape index (κ3) is 2.53. The van der Waals surface area contributed by atoms with Crippen LogP contribution in [0.4, 0.5) is 0 Å². The van der Waals surface area contributed by atoms with E-state index in [1.54, 1.807) is 0 Å². The van der Waals surface area contributed by atoms with Gasteiger partial charge in [-0.15, -0.1) is 0 Å². The number of furan rings is 1. The Hall–Kier alpha value is -5.22. The molecule has 38 heavy (non-hydrogen) atoms. The predicted molar refractivity (Wildman–Crippen MR) is 155 cm³/mol. The fourth-order valence-electron chi connectivity index (χ4n) is 6.08. The summed E-state index contributed by atoms with van der Waals surface area (Å²) < 4.78 is 8.68. The van der Waals surface area contributed by atoms with Crippen LogP contribution in [0.1, 0.15) is 0 Å². The van der Waals surface area contributed by atoms with Gasteiger partial charge < -0.3 is 8.82 Å². The van der Waals surface area contributed by atoms with Crippen LogP contribution in [0, 0.1) is 0 Å². The van der Waals surface area contributed by atoms with Crippen molar-refractivity contribution in [2.45, 2.75) is 0 Å². The summed E-state index contributed by atoms with van der Waals surface area (Å²) in [5.74, 6) is 0.689. The highest BCUT2D eigenvalue weighted by atomic mass is 16.3. The summed E-state index contributed by atoms with van der Waals surface area (Å²) in [5, 5.41) is 6.05. The van der Waals surface area contributed by atoms with Crippen molar-refractivity contribution in [1.82, 2.24) is 14.4 Å². The van der Waals surface area contributed by atoms with Crippen LogP contribution in [0.2, 0.25) is 0 Å². The quantitative estimate of drug-likeness (QED) is 0.246. The number of benzene rings is 5. The van der Waals surface area contributed by atoms with E-state index in [1.165, 1.54) is 32.6 Å². The molecule has 0 amide bonds. The lowest BCUT2D eigenvalue weighted by molar-refractivity contribution is 0.667. The number of rotatable bonds is 2. The molecule has 0 saturated carbocycles. The van der Waals surface area contributed by atoms with Gasteiger partial charge in [0.15, 0.2) is 11.4 Å². The Morgan fingerprint density at radius 3 is 2.11 bits per heavy atom. The molecule has 4 nitrogen and oxygen atoms in total. The molecule has 0 spiro atoms. The van der Waals surface area contributed by atoms with E-state index in [9.17, 15) is 0 Å². The van der Waals surface area contributed by atoms with Crippen LogP contribution < -0.4 is 0 Å². The van der Waals surface area contributed by atoms with Crippen molar-refractivity contribution in [2.24, 2.45) is 0 Å². The molecule has 0 aliphatic carbocycles. The summed E-state index contributed by atoms with van der Waals surface area (Å²) in [6.45, 7) is 0. The van der Waals surface area contributed by atoms with Gasteiger partial charge in [0.05, 0.1) is 16.6 Å². The zero-order valence-corrected chi connectivity index (χ0v) is 20.2. The smallest absolute Gasteiger partial charge is 0.180 e. The van der Waals surface area contributed by atoms with Gasteiger partial charge in [-0.3, -0.25) is 0 Å². The molecule has 4 heterocycles. The van der Waals surface area contributed by atoms with E-state index >= 15 is 0 Å². The second kappa shape index (κ2) is 7.17. The second-order valence-corrected chi connectivity index (χ2v) is 9.82. The predicted octanol–water partition coefficient (Wildman–Crippen LogP) is 8.86. The van der Waals surface area contributed by atoms with Crippen molar-refractivity contribution < 1.29 is 4.42 Å². The van der Waals surface area contributed by atoms with Crippen molar-refractivity contribution >= 4 is 60.2 Å². The first-order chi connectivity index (χ1) is 18.8. The lowest BCUT2D eigenvalue weighted by atomic mass is 10.1. The lowest BCUT2D eigenvalue weighted by Gasteiger charge is -2.07. The largest absolute Gasteiger partial charge is 0.452 e. The molecule has 0 aliphatic rings. The van der Waals surface area contributed by atoms with Gasteiger partial charge in [-0.2, -0.15) is 0 Å². The van der Waals surface area contributed by atoms with Crippen LogP contribution in [-0.4, -0.2) is 14.4 Å². The molecule has 4 aromatic heterocycles. The minimum atomic E-state index is 0.689. The van der Waals surface area contributed by atoms with Gasteiger partial charge in [0.25, 0.3) is 0 Å². The van der Waals surface area contributed by atoms with E-state index in [-0.39, 0.29) is 0 Å². The number of para-hydroxylation sites is 3. The molecule has 0 saturated heterocycles. The summed E-state index contributed by atoms with van der Waals surface area (Å²) in [6, 6.07) is 40.1. The van der Waals surface area contributed by atoms with Gasteiger partial charge in [0, 0.05) is 38.1 Å².